The summed E-state index contributed by atoms with van der Waals surface area (Å²) < 4.78 is 3.14. The van der Waals surface area contributed by atoms with Gasteiger partial charge in [-0.1, -0.05) is 35.0 Å². The molecule has 1 unspecified atom stereocenters. The predicted molar refractivity (Wildman–Crippen MR) is 91.4 cm³/mol. The van der Waals surface area contributed by atoms with Gasteiger partial charge >= 0.3 is 0 Å². The van der Waals surface area contributed by atoms with Gasteiger partial charge in [-0.2, -0.15) is 5.10 Å². The lowest BCUT2D eigenvalue weighted by atomic mass is 9.94. The van der Waals surface area contributed by atoms with Gasteiger partial charge in [-0.15, -0.1) is 0 Å². The monoisotopic (exact) mass is 349 g/mol. The van der Waals surface area contributed by atoms with Crippen LogP contribution in [0.15, 0.2) is 41.0 Å². The maximum atomic E-state index is 4.25. The summed E-state index contributed by atoms with van der Waals surface area (Å²) in [6.07, 6.45) is 5.26. The van der Waals surface area contributed by atoms with E-state index in [1.807, 2.05) is 17.9 Å². The van der Waals surface area contributed by atoms with Gasteiger partial charge in [0.25, 0.3) is 0 Å². The van der Waals surface area contributed by atoms with Crippen molar-refractivity contribution in [2.75, 3.05) is 13.1 Å². The van der Waals surface area contributed by atoms with E-state index in [-0.39, 0.29) is 0 Å². The molecule has 1 atom stereocenters. The second-order valence-electron chi connectivity index (χ2n) is 5.49. The van der Waals surface area contributed by atoms with E-state index in [1.165, 1.54) is 17.7 Å². The maximum Gasteiger partial charge on any atom is 0.0492 e. The Hall–Kier alpha value is -1.13. The van der Waals surface area contributed by atoms with Gasteiger partial charge in [-0.3, -0.25) is 4.68 Å². The molecule has 2 aromatic rings. The summed E-state index contributed by atoms with van der Waals surface area (Å²) in [7, 11) is 2.02. The fourth-order valence-corrected chi connectivity index (χ4v) is 3.07. The molecule has 0 aliphatic rings. The van der Waals surface area contributed by atoms with Crippen LogP contribution in [0.3, 0.4) is 0 Å². The molecule has 21 heavy (non-hydrogen) atoms. The van der Waals surface area contributed by atoms with Crippen LogP contribution in [0, 0.1) is 5.92 Å². The lowest BCUT2D eigenvalue weighted by Gasteiger charge is -2.17. The van der Waals surface area contributed by atoms with Crippen LogP contribution in [0.1, 0.15) is 24.6 Å². The van der Waals surface area contributed by atoms with Crippen LogP contribution in [0.5, 0.6) is 0 Å². The Morgan fingerprint density at radius 2 is 2.19 bits per heavy atom. The van der Waals surface area contributed by atoms with Crippen molar-refractivity contribution in [1.29, 1.82) is 0 Å². The number of benzene rings is 1. The molecule has 0 amide bonds. The lowest BCUT2D eigenvalue weighted by molar-refractivity contribution is 0.443. The first kappa shape index (κ1) is 16.2. The van der Waals surface area contributed by atoms with E-state index >= 15 is 0 Å². The fraction of sp³-hybridized carbons (Fsp3) is 0.471. The van der Waals surface area contributed by atoms with E-state index in [4.69, 9.17) is 0 Å². The van der Waals surface area contributed by atoms with E-state index in [0.29, 0.717) is 5.92 Å². The zero-order chi connectivity index (χ0) is 15.1. The number of nitrogens with one attached hydrogen (secondary N) is 1. The third kappa shape index (κ3) is 5.29. The van der Waals surface area contributed by atoms with Gasteiger partial charge in [0.2, 0.25) is 0 Å². The first-order valence-electron chi connectivity index (χ1n) is 7.61. The maximum absolute atomic E-state index is 4.25. The molecule has 0 saturated carbocycles. The summed E-state index contributed by atoms with van der Waals surface area (Å²) in [5, 5.41) is 7.74. The van der Waals surface area contributed by atoms with Crippen molar-refractivity contribution in [2.45, 2.75) is 26.2 Å². The van der Waals surface area contributed by atoms with Gasteiger partial charge in [0.05, 0.1) is 0 Å². The third-order valence-corrected chi connectivity index (χ3v) is 4.32. The van der Waals surface area contributed by atoms with Gasteiger partial charge < -0.3 is 5.32 Å². The quantitative estimate of drug-likeness (QED) is 0.789. The van der Waals surface area contributed by atoms with E-state index in [2.05, 4.69) is 63.6 Å². The molecule has 0 fully saturated rings. The first-order chi connectivity index (χ1) is 10.2. The Morgan fingerprint density at radius 1 is 1.33 bits per heavy atom. The number of hydrogen-bond acceptors (Lipinski definition) is 2. The van der Waals surface area contributed by atoms with Crippen LogP contribution < -0.4 is 5.32 Å². The molecule has 0 aliphatic carbocycles. The summed E-state index contributed by atoms with van der Waals surface area (Å²) in [5.74, 6) is 0.647. The van der Waals surface area contributed by atoms with Gasteiger partial charge in [-0.25, -0.2) is 0 Å². The molecule has 114 valence electrons. The second-order valence-corrected chi connectivity index (χ2v) is 6.41. The standard InChI is InChI=1S/C17H24BrN3/c1-3-19-13-15(7-8-17-9-10-20-21(17)2)11-14-5-4-6-16(18)12-14/h4-6,9-10,12,15,19H,3,7-8,11,13H2,1-2H3. The number of hydrogen-bond donors (Lipinski definition) is 1. The van der Waals surface area contributed by atoms with E-state index in [1.54, 1.807) is 0 Å². The van der Waals surface area contributed by atoms with Gasteiger partial charge in [0.1, 0.15) is 0 Å². The molecule has 1 aromatic heterocycles. The summed E-state index contributed by atoms with van der Waals surface area (Å²) in [6, 6.07) is 10.8. The minimum Gasteiger partial charge on any atom is -0.317 e. The number of halogens is 1. The van der Waals surface area contributed by atoms with E-state index < -0.39 is 0 Å². The van der Waals surface area contributed by atoms with Gasteiger partial charge in [0.15, 0.2) is 0 Å². The average molecular weight is 350 g/mol. The SMILES string of the molecule is CCNCC(CCc1ccnn1C)Cc1cccc(Br)c1. The van der Waals surface area contributed by atoms with Crippen molar-refractivity contribution < 1.29 is 0 Å². The molecular weight excluding hydrogens is 326 g/mol. The zero-order valence-corrected chi connectivity index (χ0v) is 14.4. The average Bonchev–Trinajstić information content (AvgIpc) is 2.87. The molecule has 0 aliphatic heterocycles. The van der Waals surface area contributed by atoms with Crippen molar-refractivity contribution in [2.24, 2.45) is 13.0 Å². The van der Waals surface area contributed by atoms with Crippen molar-refractivity contribution in [3.63, 3.8) is 0 Å². The van der Waals surface area contributed by atoms with Crippen LogP contribution in [0.25, 0.3) is 0 Å². The molecule has 4 heteroatoms. The largest absolute Gasteiger partial charge is 0.317 e. The topological polar surface area (TPSA) is 29.9 Å². The minimum atomic E-state index is 0.647. The third-order valence-electron chi connectivity index (χ3n) is 3.83. The van der Waals surface area contributed by atoms with Crippen LogP contribution in [-0.4, -0.2) is 22.9 Å². The lowest BCUT2D eigenvalue weighted by Crippen LogP contribution is -2.24. The summed E-state index contributed by atoms with van der Waals surface area (Å²) in [4.78, 5) is 0. The number of aromatic nitrogens is 2. The molecule has 1 heterocycles. The zero-order valence-electron chi connectivity index (χ0n) is 12.8. The molecule has 3 nitrogen and oxygen atoms in total. The van der Waals surface area contributed by atoms with E-state index in [9.17, 15) is 0 Å². The van der Waals surface area contributed by atoms with Gasteiger partial charge in [-0.05, 0) is 62.0 Å². The smallest absolute Gasteiger partial charge is 0.0492 e. The molecule has 0 spiro atoms. The molecule has 1 N–H and O–H groups in total. The van der Waals surface area contributed by atoms with Crippen molar-refractivity contribution in [3.05, 3.63) is 52.3 Å². The van der Waals surface area contributed by atoms with Crippen molar-refractivity contribution in [3.8, 4) is 0 Å². The Bertz CT molecular complexity index is 550. The highest BCUT2D eigenvalue weighted by Gasteiger charge is 2.11. The highest BCUT2D eigenvalue weighted by atomic mass is 79.9. The highest BCUT2D eigenvalue weighted by molar-refractivity contribution is 9.10. The fourth-order valence-electron chi connectivity index (χ4n) is 2.62. The summed E-state index contributed by atoms with van der Waals surface area (Å²) >= 11 is 3.56. The molecule has 0 bridgehead atoms. The Labute approximate surface area is 135 Å². The van der Waals surface area contributed by atoms with Crippen LogP contribution in [0.2, 0.25) is 0 Å². The Balaban J connectivity index is 1.95. The van der Waals surface area contributed by atoms with Crippen LogP contribution >= 0.6 is 15.9 Å². The molecule has 1 aromatic carbocycles. The summed E-state index contributed by atoms with van der Waals surface area (Å²) in [5.41, 5.74) is 2.71. The second kappa shape index (κ2) is 8.35. The molecular formula is C17H24BrN3. The Morgan fingerprint density at radius 3 is 2.86 bits per heavy atom. The first-order valence-corrected chi connectivity index (χ1v) is 8.40. The molecule has 0 radical (unpaired) electrons. The highest BCUT2D eigenvalue weighted by Crippen LogP contribution is 2.18. The number of aryl methyl sites for hydroxylation is 2. The number of nitrogens with zero attached hydrogens (tertiary/aromatic N) is 2. The minimum absolute atomic E-state index is 0.647. The van der Waals surface area contributed by atoms with Crippen LogP contribution in [-0.2, 0) is 19.9 Å². The van der Waals surface area contributed by atoms with Gasteiger partial charge in [0, 0.05) is 23.4 Å². The number of rotatable bonds is 8. The normalized spacial score (nSPS) is 12.5. The molecule has 0 saturated heterocycles. The predicted octanol–water partition coefficient (Wildman–Crippen LogP) is 3.58. The van der Waals surface area contributed by atoms with E-state index in [0.717, 1.165) is 30.4 Å². The summed E-state index contributed by atoms with van der Waals surface area (Å²) in [6.45, 7) is 4.26. The van der Waals surface area contributed by atoms with Crippen molar-refractivity contribution >= 4 is 15.9 Å². The van der Waals surface area contributed by atoms with Crippen molar-refractivity contribution in [1.82, 2.24) is 15.1 Å². The Kier molecular flexibility index (Phi) is 6.46. The molecule has 2 rings (SSSR count). The van der Waals surface area contributed by atoms with Crippen LogP contribution in [0.4, 0.5) is 0 Å².